The Morgan fingerprint density at radius 1 is 1.31 bits per heavy atom. The van der Waals surface area contributed by atoms with Crippen molar-refractivity contribution in [2.24, 2.45) is 5.92 Å². The van der Waals surface area contributed by atoms with Gasteiger partial charge < -0.3 is 15.1 Å². The summed E-state index contributed by atoms with van der Waals surface area (Å²) in [6.07, 6.45) is 2.40. The second-order valence-corrected chi connectivity index (χ2v) is 7.19. The Morgan fingerprint density at radius 2 is 2.08 bits per heavy atom. The number of hydrogen-bond acceptors (Lipinski definition) is 3. The van der Waals surface area contributed by atoms with Crippen molar-refractivity contribution in [3.8, 4) is 0 Å². The minimum absolute atomic E-state index is 0.0197. The van der Waals surface area contributed by atoms with Crippen molar-refractivity contribution in [2.45, 2.75) is 52.5 Å². The summed E-state index contributed by atoms with van der Waals surface area (Å²) in [6, 6.07) is 5.91. The highest BCUT2D eigenvalue weighted by molar-refractivity contribution is 6.01. The standard InChI is InChI=1S/C20H27N3O3/c1-4-13(3)21-20(26)15-11-19(25)23(12-15)16-6-7-17-14(10-16)8-9-22(17)18(24)5-2/h6-7,10,13,15H,4-5,8-9,11-12H2,1-3H3,(H,21,26). The van der Waals surface area contributed by atoms with Gasteiger partial charge in [-0.15, -0.1) is 0 Å². The first-order valence-electron chi connectivity index (χ1n) is 9.48. The Balaban J connectivity index is 1.73. The summed E-state index contributed by atoms with van der Waals surface area (Å²) < 4.78 is 0. The molecule has 6 nitrogen and oxygen atoms in total. The second-order valence-electron chi connectivity index (χ2n) is 7.19. The summed E-state index contributed by atoms with van der Waals surface area (Å²) in [4.78, 5) is 40.3. The van der Waals surface area contributed by atoms with Crippen molar-refractivity contribution < 1.29 is 14.4 Å². The molecule has 2 heterocycles. The smallest absolute Gasteiger partial charge is 0.227 e. The number of hydrogen-bond donors (Lipinski definition) is 1. The zero-order valence-corrected chi connectivity index (χ0v) is 15.7. The lowest BCUT2D eigenvalue weighted by Crippen LogP contribution is -2.38. The van der Waals surface area contributed by atoms with Gasteiger partial charge in [-0.05, 0) is 43.5 Å². The van der Waals surface area contributed by atoms with Gasteiger partial charge in [0.2, 0.25) is 17.7 Å². The van der Waals surface area contributed by atoms with E-state index < -0.39 is 0 Å². The maximum absolute atomic E-state index is 12.4. The molecule has 140 valence electrons. The molecule has 6 heteroatoms. The lowest BCUT2D eigenvalue weighted by molar-refractivity contribution is -0.126. The van der Waals surface area contributed by atoms with Gasteiger partial charge in [0.05, 0.1) is 5.92 Å². The average molecular weight is 357 g/mol. The number of benzene rings is 1. The van der Waals surface area contributed by atoms with Gasteiger partial charge >= 0.3 is 0 Å². The number of amides is 3. The first kappa shape index (κ1) is 18.4. The molecule has 1 fully saturated rings. The highest BCUT2D eigenvalue weighted by atomic mass is 16.2. The van der Waals surface area contributed by atoms with Crippen LogP contribution in [0, 0.1) is 5.92 Å². The van der Waals surface area contributed by atoms with Crippen molar-refractivity contribution >= 4 is 29.1 Å². The quantitative estimate of drug-likeness (QED) is 0.879. The first-order valence-corrected chi connectivity index (χ1v) is 9.48. The molecule has 26 heavy (non-hydrogen) atoms. The van der Waals surface area contributed by atoms with Crippen LogP contribution in [-0.2, 0) is 20.8 Å². The second kappa shape index (κ2) is 7.48. The van der Waals surface area contributed by atoms with E-state index in [0.29, 0.717) is 19.5 Å². The fraction of sp³-hybridized carbons (Fsp3) is 0.550. The van der Waals surface area contributed by atoms with E-state index >= 15 is 0 Å². The van der Waals surface area contributed by atoms with Gasteiger partial charge in [0, 0.05) is 43.3 Å². The molecule has 0 saturated carbocycles. The van der Waals surface area contributed by atoms with E-state index in [2.05, 4.69) is 5.32 Å². The van der Waals surface area contributed by atoms with Crippen molar-refractivity contribution in [3.05, 3.63) is 23.8 Å². The van der Waals surface area contributed by atoms with Gasteiger partial charge in [0.15, 0.2) is 0 Å². The monoisotopic (exact) mass is 357 g/mol. The average Bonchev–Trinajstić information content (AvgIpc) is 3.23. The van der Waals surface area contributed by atoms with Crippen LogP contribution >= 0.6 is 0 Å². The molecular formula is C20H27N3O3. The molecule has 0 spiro atoms. The van der Waals surface area contributed by atoms with Crippen molar-refractivity contribution in [3.63, 3.8) is 0 Å². The van der Waals surface area contributed by atoms with Crippen LogP contribution in [0.5, 0.6) is 0 Å². The normalized spacial score (nSPS) is 20.3. The van der Waals surface area contributed by atoms with Crippen LogP contribution < -0.4 is 15.1 Å². The third kappa shape index (κ3) is 3.45. The number of nitrogens with zero attached hydrogens (tertiary/aromatic N) is 2. The predicted molar refractivity (Wildman–Crippen MR) is 101 cm³/mol. The molecule has 0 radical (unpaired) electrons. The lowest BCUT2D eigenvalue weighted by atomic mass is 10.1. The highest BCUT2D eigenvalue weighted by Gasteiger charge is 2.36. The number of nitrogens with one attached hydrogen (secondary N) is 1. The number of rotatable bonds is 5. The Morgan fingerprint density at radius 3 is 2.77 bits per heavy atom. The van der Waals surface area contributed by atoms with Crippen molar-refractivity contribution in [1.29, 1.82) is 0 Å². The van der Waals surface area contributed by atoms with E-state index in [9.17, 15) is 14.4 Å². The lowest BCUT2D eigenvalue weighted by Gasteiger charge is -2.20. The summed E-state index contributed by atoms with van der Waals surface area (Å²) in [5, 5.41) is 2.97. The molecule has 2 aliphatic heterocycles. The largest absolute Gasteiger partial charge is 0.353 e. The summed E-state index contributed by atoms with van der Waals surface area (Å²) in [7, 11) is 0. The summed E-state index contributed by atoms with van der Waals surface area (Å²) in [5.74, 6) is -0.247. The van der Waals surface area contributed by atoms with Crippen LogP contribution in [0.1, 0.15) is 45.6 Å². The zero-order valence-electron chi connectivity index (χ0n) is 15.7. The van der Waals surface area contributed by atoms with Gasteiger partial charge in [0.25, 0.3) is 0 Å². The molecule has 1 saturated heterocycles. The Hall–Kier alpha value is -2.37. The maximum atomic E-state index is 12.4. The third-order valence-electron chi connectivity index (χ3n) is 5.37. The molecule has 2 atom stereocenters. The number of carbonyl (C=O) groups is 3. The molecule has 3 amide bonds. The molecule has 1 aromatic carbocycles. The van der Waals surface area contributed by atoms with Crippen LogP contribution in [0.25, 0.3) is 0 Å². The number of fused-ring (bicyclic) bond motifs is 1. The molecule has 0 bridgehead atoms. The Kier molecular flexibility index (Phi) is 5.30. The fourth-order valence-electron chi connectivity index (χ4n) is 3.60. The van der Waals surface area contributed by atoms with Crippen LogP contribution in [0.15, 0.2) is 18.2 Å². The molecule has 1 aromatic rings. The fourth-order valence-corrected chi connectivity index (χ4v) is 3.60. The topological polar surface area (TPSA) is 69.7 Å². The van der Waals surface area contributed by atoms with Crippen molar-refractivity contribution in [2.75, 3.05) is 22.9 Å². The van der Waals surface area contributed by atoms with E-state index in [0.717, 1.165) is 29.8 Å². The third-order valence-corrected chi connectivity index (χ3v) is 5.37. The number of anilines is 2. The summed E-state index contributed by atoms with van der Waals surface area (Å²) in [5.41, 5.74) is 2.85. The van der Waals surface area contributed by atoms with Crippen molar-refractivity contribution in [1.82, 2.24) is 5.32 Å². The summed E-state index contributed by atoms with van der Waals surface area (Å²) >= 11 is 0. The maximum Gasteiger partial charge on any atom is 0.227 e. The number of carbonyl (C=O) groups excluding carboxylic acids is 3. The van der Waals surface area contributed by atoms with Gasteiger partial charge in [-0.25, -0.2) is 0 Å². The van der Waals surface area contributed by atoms with Crippen LogP contribution in [0.2, 0.25) is 0 Å². The van der Waals surface area contributed by atoms with Gasteiger partial charge in [-0.1, -0.05) is 13.8 Å². The highest BCUT2D eigenvalue weighted by Crippen LogP contribution is 2.34. The SMILES string of the molecule is CCC(=O)N1CCc2cc(N3CC(C(=O)NC(C)CC)CC3=O)ccc21. The van der Waals surface area contributed by atoms with E-state index in [4.69, 9.17) is 0 Å². The summed E-state index contributed by atoms with van der Waals surface area (Å²) in [6.45, 7) is 6.96. The van der Waals surface area contributed by atoms with E-state index in [-0.39, 0.29) is 36.1 Å². The van der Waals surface area contributed by atoms with Gasteiger partial charge in [-0.2, -0.15) is 0 Å². The van der Waals surface area contributed by atoms with E-state index in [1.165, 1.54) is 0 Å². The Bertz CT molecular complexity index is 731. The molecule has 2 aliphatic rings. The first-order chi connectivity index (χ1) is 12.4. The van der Waals surface area contributed by atoms with Crippen LogP contribution in [0.3, 0.4) is 0 Å². The predicted octanol–water partition coefficient (Wildman–Crippen LogP) is 2.25. The molecule has 0 aromatic heterocycles. The van der Waals surface area contributed by atoms with E-state index in [1.54, 1.807) is 4.90 Å². The van der Waals surface area contributed by atoms with Crippen LogP contribution in [0.4, 0.5) is 11.4 Å². The molecular weight excluding hydrogens is 330 g/mol. The molecule has 1 N–H and O–H groups in total. The van der Waals surface area contributed by atoms with Crippen LogP contribution in [-0.4, -0.2) is 36.9 Å². The Labute approximate surface area is 154 Å². The van der Waals surface area contributed by atoms with Gasteiger partial charge in [0.1, 0.15) is 0 Å². The minimum atomic E-state index is -0.303. The molecule has 2 unspecified atom stereocenters. The molecule has 0 aliphatic carbocycles. The van der Waals surface area contributed by atoms with Gasteiger partial charge in [-0.3, -0.25) is 14.4 Å². The zero-order chi connectivity index (χ0) is 18.8. The molecule has 3 rings (SSSR count). The van der Waals surface area contributed by atoms with E-state index in [1.807, 2.05) is 43.9 Å². The minimum Gasteiger partial charge on any atom is -0.353 e.